The molecule has 0 aliphatic rings. The highest BCUT2D eigenvalue weighted by Crippen LogP contribution is 2.27. The lowest BCUT2D eigenvalue weighted by molar-refractivity contribution is -0.120. The standard InChI is InChI=1S/C20H24N2O4/c1-4-11-26-19-12-16(7-10-18(19)25-3)14-21-22-20(23)13-15-5-8-17(24-2)9-6-15/h5-10,12,14H,4,11,13H2,1-3H3,(H,22,23)/b21-14-. The van der Waals surface area contributed by atoms with E-state index in [0.29, 0.717) is 18.1 Å². The van der Waals surface area contributed by atoms with E-state index in [4.69, 9.17) is 14.2 Å². The number of nitrogens with zero attached hydrogens (tertiary/aromatic N) is 1. The van der Waals surface area contributed by atoms with Gasteiger partial charge in [-0.1, -0.05) is 19.1 Å². The molecule has 1 amide bonds. The number of hydrogen-bond donors (Lipinski definition) is 1. The van der Waals surface area contributed by atoms with E-state index in [0.717, 1.165) is 23.3 Å². The number of hydrogen-bond acceptors (Lipinski definition) is 5. The van der Waals surface area contributed by atoms with E-state index in [2.05, 4.69) is 10.5 Å². The summed E-state index contributed by atoms with van der Waals surface area (Å²) in [5.41, 5.74) is 4.22. The van der Waals surface area contributed by atoms with E-state index >= 15 is 0 Å². The monoisotopic (exact) mass is 356 g/mol. The van der Waals surface area contributed by atoms with E-state index in [1.165, 1.54) is 0 Å². The van der Waals surface area contributed by atoms with Gasteiger partial charge in [0.1, 0.15) is 5.75 Å². The van der Waals surface area contributed by atoms with Gasteiger partial charge < -0.3 is 14.2 Å². The van der Waals surface area contributed by atoms with Crippen molar-refractivity contribution in [3.05, 3.63) is 53.6 Å². The number of amides is 1. The van der Waals surface area contributed by atoms with Gasteiger partial charge in [-0.3, -0.25) is 4.79 Å². The van der Waals surface area contributed by atoms with Crippen LogP contribution in [0.15, 0.2) is 47.6 Å². The second-order valence-electron chi connectivity index (χ2n) is 5.58. The van der Waals surface area contributed by atoms with E-state index < -0.39 is 0 Å². The minimum absolute atomic E-state index is 0.192. The molecule has 2 aromatic carbocycles. The average Bonchev–Trinajstić information content (AvgIpc) is 2.67. The van der Waals surface area contributed by atoms with Crippen LogP contribution in [-0.2, 0) is 11.2 Å². The summed E-state index contributed by atoms with van der Waals surface area (Å²) in [7, 11) is 3.20. The summed E-state index contributed by atoms with van der Waals surface area (Å²) in [6.45, 7) is 2.64. The first-order valence-corrected chi connectivity index (χ1v) is 8.42. The zero-order valence-electron chi connectivity index (χ0n) is 15.3. The molecule has 0 spiro atoms. The normalized spacial score (nSPS) is 10.6. The van der Waals surface area contributed by atoms with Crippen LogP contribution >= 0.6 is 0 Å². The van der Waals surface area contributed by atoms with Crippen LogP contribution in [0.25, 0.3) is 0 Å². The molecule has 0 aliphatic heterocycles. The summed E-state index contributed by atoms with van der Waals surface area (Å²) in [4.78, 5) is 12.0. The third-order valence-corrected chi connectivity index (χ3v) is 3.58. The largest absolute Gasteiger partial charge is 0.497 e. The molecule has 138 valence electrons. The molecule has 0 saturated carbocycles. The average molecular weight is 356 g/mol. The van der Waals surface area contributed by atoms with Gasteiger partial charge in [0.2, 0.25) is 5.91 Å². The fourth-order valence-corrected chi connectivity index (χ4v) is 2.25. The summed E-state index contributed by atoms with van der Waals surface area (Å²) >= 11 is 0. The van der Waals surface area contributed by atoms with Crippen LogP contribution in [0.2, 0.25) is 0 Å². The molecule has 2 aromatic rings. The third kappa shape index (κ3) is 5.81. The van der Waals surface area contributed by atoms with Crippen LogP contribution in [0.3, 0.4) is 0 Å². The van der Waals surface area contributed by atoms with E-state index in [1.807, 2.05) is 49.4 Å². The quantitative estimate of drug-likeness (QED) is 0.553. The molecule has 0 aromatic heterocycles. The molecule has 0 fully saturated rings. The van der Waals surface area contributed by atoms with Crippen molar-refractivity contribution in [3.63, 3.8) is 0 Å². The Balaban J connectivity index is 1.92. The number of rotatable bonds is 9. The molecule has 2 rings (SSSR count). The summed E-state index contributed by atoms with van der Waals surface area (Å²) in [5.74, 6) is 1.89. The molecule has 0 radical (unpaired) electrons. The maximum atomic E-state index is 12.0. The number of carbonyl (C=O) groups is 1. The van der Waals surface area contributed by atoms with E-state index in [9.17, 15) is 4.79 Å². The number of ether oxygens (including phenoxy) is 3. The molecular formula is C20H24N2O4. The lowest BCUT2D eigenvalue weighted by atomic mass is 10.1. The van der Waals surface area contributed by atoms with Gasteiger partial charge in [0.05, 0.1) is 33.5 Å². The van der Waals surface area contributed by atoms with Gasteiger partial charge >= 0.3 is 0 Å². The first-order chi connectivity index (χ1) is 12.7. The van der Waals surface area contributed by atoms with Crippen molar-refractivity contribution in [1.29, 1.82) is 0 Å². The highest BCUT2D eigenvalue weighted by atomic mass is 16.5. The molecule has 6 heteroatoms. The van der Waals surface area contributed by atoms with Gasteiger partial charge in [-0.25, -0.2) is 5.43 Å². The molecule has 1 N–H and O–H groups in total. The Morgan fingerprint density at radius 1 is 1.08 bits per heavy atom. The Morgan fingerprint density at radius 3 is 2.50 bits per heavy atom. The van der Waals surface area contributed by atoms with E-state index in [-0.39, 0.29) is 12.3 Å². The summed E-state index contributed by atoms with van der Waals surface area (Å²) in [5, 5.41) is 4.00. The predicted molar refractivity (Wildman–Crippen MR) is 101 cm³/mol. The van der Waals surface area contributed by atoms with Gasteiger partial charge in [0.15, 0.2) is 11.5 Å². The van der Waals surface area contributed by atoms with Crippen molar-refractivity contribution in [2.75, 3.05) is 20.8 Å². The van der Waals surface area contributed by atoms with Gasteiger partial charge in [0.25, 0.3) is 0 Å². The van der Waals surface area contributed by atoms with Crippen molar-refractivity contribution in [2.45, 2.75) is 19.8 Å². The van der Waals surface area contributed by atoms with Crippen LogP contribution in [0.1, 0.15) is 24.5 Å². The summed E-state index contributed by atoms with van der Waals surface area (Å²) in [6, 6.07) is 12.8. The fraction of sp³-hybridized carbons (Fsp3) is 0.300. The van der Waals surface area contributed by atoms with Gasteiger partial charge in [0, 0.05) is 0 Å². The Kier molecular flexibility index (Phi) is 7.49. The number of methoxy groups -OCH3 is 2. The Hall–Kier alpha value is -3.02. The van der Waals surface area contributed by atoms with Crippen LogP contribution in [-0.4, -0.2) is 32.9 Å². The van der Waals surface area contributed by atoms with Crippen molar-refractivity contribution in [3.8, 4) is 17.2 Å². The van der Waals surface area contributed by atoms with Crippen LogP contribution < -0.4 is 19.6 Å². The predicted octanol–water partition coefficient (Wildman–Crippen LogP) is 3.19. The molecule has 0 saturated heterocycles. The molecule has 26 heavy (non-hydrogen) atoms. The molecule has 0 atom stereocenters. The van der Waals surface area contributed by atoms with E-state index in [1.54, 1.807) is 20.4 Å². The van der Waals surface area contributed by atoms with Gasteiger partial charge in [-0.05, 0) is 47.9 Å². The van der Waals surface area contributed by atoms with Gasteiger partial charge in [-0.2, -0.15) is 5.10 Å². The maximum absolute atomic E-state index is 12.0. The molecule has 0 aliphatic carbocycles. The lowest BCUT2D eigenvalue weighted by Crippen LogP contribution is -2.19. The molecule has 0 unspecified atom stereocenters. The van der Waals surface area contributed by atoms with Crippen LogP contribution in [0.4, 0.5) is 0 Å². The minimum Gasteiger partial charge on any atom is -0.497 e. The lowest BCUT2D eigenvalue weighted by Gasteiger charge is -2.10. The zero-order valence-corrected chi connectivity index (χ0v) is 15.3. The second kappa shape index (κ2) is 10.1. The van der Waals surface area contributed by atoms with Gasteiger partial charge in [-0.15, -0.1) is 0 Å². The number of benzene rings is 2. The van der Waals surface area contributed by atoms with Crippen molar-refractivity contribution in [1.82, 2.24) is 5.43 Å². The number of carbonyl (C=O) groups excluding carboxylic acids is 1. The first kappa shape index (κ1) is 19.3. The summed E-state index contributed by atoms with van der Waals surface area (Å²) < 4.78 is 16.0. The summed E-state index contributed by atoms with van der Waals surface area (Å²) in [6.07, 6.45) is 2.72. The highest BCUT2D eigenvalue weighted by molar-refractivity contribution is 5.84. The van der Waals surface area contributed by atoms with Crippen molar-refractivity contribution in [2.24, 2.45) is 5.10 Å². The van der Waals surface area contributed by atoms with Crippen molar-refractivity contribution >= 4 is 12.1 Å². The van der Waals surface area contributed by atoms with Crippen molar-refractivity contribution < 1.29 is 19.0 Å². The SMILES string of the molecule is CCCOc1cc(/C=N\NC(=O)Cc2ccc(OC)cc2)ccc1OC. The number of nitrogens with one attached hydrogen (secondary N) is 1. The topological polar surface area (TPSA) is 69.2 Å². The van der Waals surface area contributed by atoms with Crippen LogP contribution in [0, 0.1) is 0 Å². The van der Waals surface area contributed by atoms with Crippen LogP contribution in [0.5, 0.6) is 17.2 Å². The maximum Gasteiger partial charge on any atom is 0.244 e. The first-order valence-electron chi connectivity index (χ1n) is 8.42. The second-order valence-corrected chi connectivity index (χ2v) is 5.58. The Morgan fingerprint density at radius 2 is 1.85 bits per heavy atom. The molecule has 6 nitrogen and oxygen atoms in total. The highest BCUT2D eigenvalue weighted by Gasteiger charge is 2.05. The zero-order chi connectivity index (χ0) is 18.8. The third-order valence-electron chi connectivity index (χ3n) is 3.58. The fourth-order valence-electron chi connectivity index (χ4n) is 2.25. The Labute approximate surface area is 153 Å². The molecule has 0 bridgehead atoms. The number of hydrazone groups is 1. The molecular weight excluding hydrogens is 332 g/mol. The minimum atomic E-state index is -0.192. The Bertz CT molecular complexity index is 742. The smallest absolute Gasteiger partial charge is 0.244 e. The molecule has 0 heterocycles.